The molecule has 2 rings (SSSR count). The highest BCUT2D eigenvalue weighted by Crippen LogP contribution is 2.39. The Morgan fingerprint density at radius 2 is 1.60 bits per heavy atom. The van der Waals surface area contributed by atoms with Gasteiger partial charge in [0, 0.05) is 0 Å². The van der Waals surface area contributed by atoms with Crippen LogP contribution in [0.2, 0.25) is 0 Å². The molecule has 0 aliphatic carbocycles. The van der Waals surface area contributed by atoms with Gasteiger partial charge in [-0.2, -0.15) is 0 Å². The van der Waals surface area contributed by atoms with Crippen LogP contribution in [0.25, 0.3) is 0 Å². The van der Waals surface area contributed by atoms with E-state index in [2.05, 4.69) is 49.7 Å². The van der Waals surface area contributed by atoms with Crippen LogP contribution < -0.4 is 0 Å². The second-order valence-electron chi connectivity index (χ2n) is 5.18. The third kappa shape index (κ3) is 2.64. The van der Waals surface area contributed by atoms with Gasteiger partial charge in [-0.05, 0) is 83.1 Å². The molecule has 0 saturated carbocycles. The first-order valence-corrected chi connectivity index (χ1v) is 7.72. The molecule has 2 aromatic carbocycles. The lowest BCUT2D eigenvalue weighted by atomic mass is 9.90. The van der Waals surface area contributed by atoms with Gasteiger partial charge in [-0.15, -0.1) is 11.6 Å². The van der Waals surface area contributed by atoms with Gasteiger partial charge in [0.2, 0.25) is 0 Å². The summed E-state index contributed by atoms with van der Waals surface area (Å²) in [6, 6.07) is 7.15. The highest BCUT2D eigenvalue weighted by atomic mass is 79.9. The Bertz CT molecular complexity index is 638. The Morgan fingerprint density at radius 3 is 2.15 bits per heavy atom. The third-order valence-corrected chi connectivity index (χ3v) is 5.22. The van der Waals surface area contributed by atoms with Crippen LogP contribution in [0.5, 0.6) is 0 Å². The molecule has 0 aliphatic rings. The van der Waals surface area contributed by atoms with E-state index in [0.29, 0.717) is 4.47 Å². The van der Waals surface area contributed by atoms with Crippen LogP contribution in [0.4, 0.5) is 4.39 Å². The van der Waals surface area contributed by atoms with Gasteiger partial charge in [0.1, 0.15) is 5.82 Å². The summed E-state index contributed by atoms with van der Waals surface area (Å²) in [5, 5.41) is -0.362. The van der Waals surface area contributed by atoms with Gasteiger partial charge < -0.3 is 0 Å². The predicted octanol–water partition coefficient (Wildman–Crippen LogP) is 6.15. The van der Waals surface area contributed by atoms with E-state index in [1.807, 2.05) is 6.07 Å². The molecule has 0 bridgehead atoms. The molecule has 2 aromatic rings. The minimum atomic E-state index is -0.362. The number of halogens is 3. The third-order valence-electron chi connectivity index (χ3n) is 3.93. The van der Waals surface area contributed by atoms with Crippen LogP contribution in [0.3, 0.4) is 0 Å². The molecular weight excluding hydrogens is 339 g/mol. The van der Waals surface area contributed by atoms with Crippen LogP contribution in [0, 0.1) is 33.5 Å². The fourth-order valence-corrected chi connectivity index (χ4v) is 3.63. The van der Waals surface area contributed by atoms with E-state index in [-0.39, 0.29) is 11.2 Å². The summed E-state index contributed by atoms with van der Waals surface area (Å²) >= 11 is 9.97. The molecule has 106 valence electrons. The summed E-state index contributed by atoms with van der Waals surface area (Å²) in [7, 11) is 0. The van der Waals surface area contributed by atoms with E-state index < -0.39 is 0 Å². The Morgan fingerprint density at radius 1 is 1.05 bits per heavy atom. The molecule has 1 unspecified atom stereocenters. The average Bonchev–Trinajstić information content (AvgIpc) is 2.40. The van der Waals surface area contributed by atoms with Gasteiger partial charge in [0.15, 0.2) is 0 Å². The average molecular weight is 356 g/mol. The molecule has 0 aromatic heterocycles. The minimum absolute atomic E-state index is 0.284. The topological polar surface area (TPSA) is 0 Å². The van der Waals surface area contributed by atoms with E-state index in [1.165, 1.54) is 28.3 Å². The fraction of sp³-hybridized carbons (Fsp3) is 0.294. The molecule has 0 amide bonds. The molecular formula is C17H17BrClF. The van der Waals surface area contributed by atoms with Gasteiger partial charge in [-0.25, -0.2) is 4.39 Å². The largest absolute Gasteiger partial charge is 0.206 e. The van der Waals surface area contributed by atoms with E-state index in [1.54, 1.807) is 6.07 Å². The second kappa shape index (κ2) is 5.87. The summed E-state index contributed by atoms with van der Waals surface area (Å²) < 4.78 is 14.2. The molecule has 0 N–H and O–H groups in total. The van der Waals surface area contributed by atoms with E-state index in [9.17, 15) is 4.39 Å². The lowest BCUT2D eigenvalue weighted by molar-refractivity contribution is 0.618. The van der Waals surface area contributed by atoms with Crippen LogP contribution in [-0.4, -0.2) is 0 Å². The van der Waals surface area contributed by atoms with Crippen molar-refractivity contribution in [2.45, 2.75) is 33.1 Å². The van der Waals surface area contributed by atoms with E-state index in [4.69, 9.17) is 11.6 Å². The lowest BCUT2D eigenvalue weighted by Crippen LogP contribution is -2.04. The predicted molar refractivity (Wildman–Crippen MR) is 87.2 cm³/mol. The summed E-state index contributed by atoms with van der Waals surface area (Å²) in [6.07, 6.45) is 0. The van der Waals surface area contributed by atoms with Crippen molar-refractivity contribution in [2.75, 3.05) is 0 Å². The maximum absolute atomic E-state index is 13.7. The van der Waals surface area contributed by atoms with Gasteiger partial charge in [0.05, 0.1) is 9.85 Å². The molecule has 3 heteroatoms. The molecule has 0 heterocycles. The molecule has 1 atom stereocenters. The maximum Gasteiger partial charge on any atom is 0.137 e. The zero-order chi connectivity index (χ0) is 15.0. The normalized spacial score (nSPS) is 12.6. The fourth-order valence-electron chi connectivity index (χ4n) is 2.50. The Hall–Kier alpha value is -0.860. The minimum Gasteiger partial charge on any atom is -0.206 e. The lowest BCUT2D eigenvalue weighted by Gasteiger charge is -2.21. The monoisotopic (exact) mass is 354 g/mol. The quantitative estimate of drug-likeness (QED) is 0.567. The summed E-state index contributed by atoms with van der Waals surface area (Å²) in [4.78, 5) is 0. The van der Waals surface area contributed by atoms with Crippen LogP contribution in [0.1, 0.15) is 38.8 Å². The highest BCUT2D eigenvalue weighted by Gasteiger charge is 2.21. The summed E-state index contributed by atoms with van der Waals surface area (Å²) in [6.45, 7) is 8.30. The summed E-state index contributed by atoms with van der Waals surface area (Å²) in [5.74, 6) is -0.284. The number of alkyl halides is 1. The van der Waals surface area contributed by atoms with Crippen molar-refractivity contribution in [3.8, 4) is 0 Å². The standard InChI is InChI=1S/C17H17BrClF/c1-9-8-10(2)12(4)15(11(9)3)17(19)13-6-5-7-14(20)16(13)18/h5-8,17H,1-4H3. The second-order valence-corrected chi connectivity index (χ2v) is 6.41. The maximum atomic E-state index is 13.7. The molecule has 20 heavy (non-hydrogen) atoms. The van der Waals surface area contributed by atoms with Crippen LogP contribution in [0.15, 0.2) is 28.7 Å². The molecule has 0 spiro atoms. The van der Waals surface area contributed by atoms with Crippen LogP contribution in [-0.2, 0) is 0 Å². The summed E-state index contributed by atoms with van der Waals surface area (Å²) in [5.41, 5.74) is 6.61. The first-order chi connectivity index (χ1) is 9.34. The number of hydrogen-bond acceptors (Lipinski definition) is 0. The van der Waals surface area contributed by atoms with Crippen molar-refractivity contribution in [1.29, 1.82) is 0 Å². The van der Waals surface area contributed by atoms with Crippen molar-refractivity contribution in [3.63, 3.8) is 0 Å². The van der Waals surface area contributed by atoms with Crippen molar-refractivity contribution in [1.82, 2.24) is 0 Å². The smallest absolute Gasteiger partial charge is 0.137 e. The zero-order valence-electron chi connectivity index (χ0n) is 12.0. The van der Waals surface area contributed by atoms with Gasteiger partial charge in [-0.1, -0.05) is 18.2 Å². The SMILES string of the molecule is Cc1cc(C)c(C)c(C(Cl)c2cccc(F)c2Br)c1C. The van der Waals surface area contributed by atoms with Gasteiger partial charge in [0.25, 0.3) is 0 Å². The molecule has 0 aliphatic heterocycles. The van der Waals surface area contributed by atoms with Gasteiger partial charge in [-0.3, -0.25) is 0 Å². The molecule has 0 radical (unpaired) electrons. The Labute approximate surface area is 133 Å². The number of rotatable bonds is 2. The first kappa shape index (κ1) is 15.5. The van der Waals surface area contributed by atoms with Crippen LogP contribution >= 0.6 is 27.5 Å². The van der Waals surface area contributed by atoms with Crippen molar-refractivity contribution in [2.24, 2.45) is 0 Å². The zero-order valence-corrected chi connectivity index (χ0v) is 14.4. The molecule has 0 saturated heterocycles. The van der Waals surface area contributed by atoms with Crippen molar-refractivity contribution >= 4 is 27.5 Å². The Balaban J connectivity index is 2.65. The highest BCUT2D eigenvalue weighted by molar-refractivity contribution is 9.10. The number of benzene rings is 2. The molecule has 0 fully saturated rings. The molecule has 0 nitrogen and oxygen atoms in total. The first-order valence-electron chi connectivity index (χ1n) is 6.49. The Kier molecular flexibility index (Phi) is 4.55. The van der Waals surface area contributed by atoms with E-state index in [0.717, 1.165) is 11.1 Å². The number of hydrogen-bond donors (Lipinski definition) is 0. The number of aryl methyl sites for hydroxylation is 2. The van der Waals surface area contributed by atoms with E-state index >= 15 is 0 Å². The van der Waals surface area contributed by atoms with Crippen molar-refractivity contribution in [3.05, 3.63) is 67.9 Å². The van der Waals surface area contributed by atoms with Gasteiger partial charge >= 0.3 is 0 Å². The van der Waals surface area contributed by atoms with Crippen molar-refractivity contribution < 1.29 is 4.39 Å².